The van der Waals surface area contributed by atoms with E-state index in [4.69, 9.17) is 0 Å². The van der Waals surface area contributed by atoms with Crippen LogP contribution in [0.5, 0.6) is 0 Å². The number of carbonyl (C=O) groups excluding carboxylic acids is 2. The average Bonchev–Trinajstić information content (AvgIpc) is 2.55. The Balaban J connectivity index is 1.98. The lowest BCUT2D eigenvalue weighted by atomic mass is 10.1. The van der Waals surface area contributed by atoms with Gasteiger partial charge in [-0.3, -0.25) is 9.59 Å². The van der Waals surface area contributed by atoms with Gasteiger partial charge in [0.05, 0.1) is 12.1 Å². The van der Waals surface area contributed by atoms with Crippen LogP contribution in [0.3, 0.4) is 0 Å². The van der Waals surface area contributed by atoms with E-state index in [1.165, 1.54) is 6.92 Å². The van der Waals surface area contributed by atoms with Crippen LogP contribution in [0.15, 0.2) is 66.1 Å². The quantitative estimate of drug-likeness (QED) is 0.589. The third-order valence-electron chi connectivity index (χ3n) is 3.16. The van der Waals surface area contributed by atoms with Gasteiger partial charge in [0.25, 0.3) is 0 Å². The lowest BCUT2D eigenvalue weighted by molar-refractivity contribution is -0.116. The Kier molecular flexibility index (Phi) is 6.63. The molecule has 2 rings (SSSR count). The first-order valence-corrected chi connectivity index (χ1v) is 8.56. The second-order valence-corrected chi connectivity index (χ2v) is 6.26. The molecule has 0 spiro atoms. The number of nitrogens with one attached hydrogen (secondary N) is 2. The lowest BCUT2D eigenvalue weighted by Gasteiger charge is -2.10. The largest absolute Gasteiger partial charge is 0.326 e. The number of amides is 2. The first-order valence-electron chi connectivity index (χ1n) is 7.57. The molecule has 2 aromatic rings. The molecule has 124 valence electrons. The molecule has 0 aromatic heterocycles. The molecule has 24 heavy (non-hydrogen) atoms. The van der Waals surface area contributed by atoms with Crippen molar-refractivity contribution >= 4 is 35.0 Å². The molecule has 2 N–H and O–H groups in total. The molecule has 4 nitrogen and oxygen atoms in total. The van der Waals surface area contributed by atoms with Gasteiger partial charge in [0.2, 0.25) is 11.8 Å². The molecule has 0 unspecified atom stereocenters. The molecule has 0 aliphatic carbocycles. The Labute approximate surface area is 146 Å². The number of anilines is 2. The summed E-state index contributed by atoms with van der Waals surface area (Å²) in [7, 11) is 0. The van der Waals surface area contributed by atoms with Crippen molar-refractivity contribution in [1.29, 1.82) is 0 Å². The minimum absolute atomic E-state index is 0.0751. The van der Waals surface area contributed by atoms with Gasteiger partial charge in [0.1, 0.15) is 0 Å². The van der Waals surface area contributed by atoms with Gasteiger partial charge in [-0.05, 0) is 29.8 Å². The minimum atomic E-state index is -0.117. The summed E-state index contributed by atoms with van der Waals surface area (Å²) in [5.74, 6) is 0.598. The standard InChI is InChI=1S/C19H20N2O2S/c1-3-12-24-18-7-5-4-6-17(18)21-19(23)13-15-8-10-16(11-9-15)20-14(2)22/h3-11H,1,12-13H2,2H3,(H,20,22)(H,21,23). The molecule has 0 fully saturated rings. The molecular formula is C19H20N2O2S. The fraction of sp³-hybridized carbons (Fsp3) is 0.158. The van der Waals surface area contributed by atoms with Gasteiger partial charge in [-0.25, -0.2) is 0 Å². The summed E-state index contributed by atoms with van der Waals surface area (Å²) in [5.41, 5.74) is 2.42. The average molecular weight is 340 g/mol. The van der Waals surface area contributed by atoms with Crippen molar-refractivity contribution in [3.05, 3.63) is 66.7 Å². The summed E-state index contributed by atoms with van der Waals surface area (Å²) >= 11 is 1.63. The van der Waals surface area contributed by atoms with Crippen molar-refractivity contribution in [3.63, 3.8) is 0 Å². The van der Waals surface area contributed by atoms with Gasteiger partial charge in [0.15, 0.2) is 0 Å². The number of hydrogen-bond acceptors (Lipinski definition) is 3. The minimum Gasteiger partial charge on any atom is -0.326 e. The zero-order valence-electron chi connectivity index (χ0n) is 13.5. The predicted molar refractivity (Wildman–Crippen MR) is 100 cm³/mol. The van der Waals surface area contributed by atoms with E-state index in [1.807, 2.05) is 42.5 Å². The molecular weight excluding hydrogens is 320 g/mol. The smallest absolute Gasteiger partial charge is 0.228 e. The van der Waals surface area contributed by atoms with Crippen LogP contribution in [0.25, 0.3) is 0 Å². The number of carbonyl (C=O) groups is 2. The molecule has 0 saturated heterocycles. The summed E-state index contributed by atoms with van der Waals surface area (Å²) in [5, 5.41) is 5.65. The van der Waals surface area contributed by atoms with Crippen molar-refractivity contribution in [2.24, 2.45) is 0 Å². The summed E-state index contributed by atoms with van der Waals surface area (Å²) in [6.07, 6.45) is 2.11. The fourth-order valence-electron chi connectivity index (χ4n) is 2.13. The Morgan fingerprint density at radius 1 is 1.08 bits per heavy atom. The molecule has 0 radical (unpaired) electrons. The summed E-state index contributed by atoms with van der Waals surface area (Å²) in [6, 6.07) is 15.0. The number of para-hydroxylation sites is 1. The van der Waals surface area contributed by atoms with Gasteiger partial charge in [-0.1, -0.05) is 30.3 Å². The third-order valence-corrected chi connectivity index (χ3v) is 4.23. The van der Waals surface area contributed by atoms with Crippen molar-refractivity contribution in [2.75, 3.05) is 16.4 Å². The summed E-state index contributed by atoms with van der Waals surface area (Å²) < 4.78 is 0. The first kappa shape index (κ1) is 17.8. The van der Waals surface area contributed by atoms with Gasteiger partial charge in [0, 0.05) is 23.3 Å². The van der Waals surface area contributed by atoms with Crippen molar-refractivity contribution in [2.45, 2.75) is 18.2 Å². The van der Waals surface area contributed by atoms with E-state index in [-0.39, 0.29) is 18.2 Å². The van der Waals surface area contributed by atoms with Crippen LogP contribution in [0, 0.1) is 0 Å². The van der Waals surface area contributed by atoms with Crippen LogP contribution in [0.1, 0.15) is 12.5 Å². The van der Waals surface area contributed by atoms with E-state index in [0.717, 1.165) is 27.6 Å². The maximum atomic E-state index is 12.3. The van der Waals surface area contributed by atoms with Crippen molar-refractivity contribution < 1.29 is 9.59 Å². The van der Waals surface area contributed by atoms with Crippen LogP contribution in [0.2, 0.25) is 0 Å². The molecule has 2 amide bonds. The highest BCUT2D eigenvalue weighted by Gasteiger charge is 2.08. The van der Waals surface area contributed by atoms with E-state index in [0.29, 0.717) is 0 Å². The Morgan fingerprint density at radius 2 is 1.79 bits per heavy atom. The van der Waals surface area contributed by atoms with Gasteiger partial charge < -0.3 is 10.6 Å². The highest BCUT2D eigenvalue weighted by molar-refractivity contribution is 7.99. The summed E-state index contributed by atoms with van der Waals surface area (Å²) in [6.45, 7) is 5.17. The van der Waals surface area contributed by atoms with Crippen LogP contribution >= 0.6 is 11.8 Å². The highest BCUT2D eigenvalue weighted by Crippen LogP contribution is 2.27. The monoisotopic (exact) mass is 340 g/mol. The van der Waals surface area contributed by atoms with Crippen LogP contribution in [0.4, 0.5) is 11.4 Å². The van der Waals surface area contributed by atoms with Crippen LogP contribution in [-0.2, 0) is 16.0 Å². The second kappa shape index (κ2) is 8.93. The molecule has 0 bridgehead atoms. The van der Waals surface area contributed by atoms with E-state index in [2.05, 4.69) is 17.2 Å². The van der Waals surface area contributed by atoms with Crippen LogP contribution < -0.4 is 10.6 Å². The van der Waals surface area contributed by atoms with Crippen molar-refractivity contribution in [1.82, 2.24) is 0 Å². The number of rotatable bonds is 7. The zero-order valence-corrected chi connectivity index (χ0v) is 14.4. The Bertz CT molecular complexity index is 726. The zero-order chi connectivity index (χ0) is 17.4. The maximum Gasteiger partial charge on any atom is 0.228 e. The highest BCUT2D eigenvalue weighted by atomic mass is 32.2. The maximum absolute atomic E-state index is 12.3. The molecule has 0 saturated carbocycles. The van der Waals surface area contributed by atoms with E-state index < -0.39 is 0 Å². The molecule has 5 heteroatoms. The van der Waals surface area contributed by atoms with Gasteiger partial charge >= 0.3 is 0 Å². The van der Waals surface area contributed by atoms with Crippen molar-refractivity contribution in [3.8, 4) is 0 Å². The molecule has 2 aromatic carbocycles. The van der Waals surface area contributed by atoms with E-state index >= 15 is 0 Å². The normalized spacial score (nSPS) is 10.0. The molecule has 0 aliphatic rings. The third kappa shape index (κ3) is 5.59. The Hall–Kier alpha value is -2.53. The van der Waals surface area contributed by atoms with Gasteiger partial charge in [-0.2, -0.15) is 0 Å². The van der Waals surface area contributed by atoms with E-state index in [1.54, 1.807) is 23.9 Å². The predicted octanol–water partition coefficient (Wildman–Crippen LogP) is 4.10. The molecule has 0 heterocycles. The SMILES string of the molecule is C=CCSc1ccccc1NC(=O)Cc1ccc(NC(C)=O)cc1. The Morgan fingerprint density at radius 3 is 2.46 bits per heavy atom. The number of hydrogen-bond donors (Lipinski definition) is 2. The fourth-order valence-corrected chi connectivity index (χ4v) is 2.88. The lowest BCUT2D eigenvalue weighted by Crippen LogP contribution is -2.15. The summed E-state index contributed by atoms with van der Waals surface area (Å²) in [4.78, 5) is 24.3. The molecule has 0 aliphatic heterocycles. The number of thioether (sulfide) groups is 1. The first-order chi connectivity index (χ1) is 11.6. The van der Waals surface area contributed by atoms with E-state index in [9.17, 15) is 9.59 Å². The second-order valence-electron chi connectivity index (χ2n) is 5.20. The number of benzene rings is 2. The van der Waals surface area contributed by atoms with Gasteiger partial charge in [-0.15, -0.1) is 18.3 Å². The van der Waals surface area contributed by atoms with Crippen LogP contribution in [-0.4, -0.2) is 17.6 Å². The molecule has 0 atom stereocenters. The topological polar surface area (TPSA) is 58.2 Å².